The number of halogens is 1. The molecule has 2 N–H and O–H groups in total. The van der Waals surface area contributed by atoms with Crippen LogP contribution in [0.5, 0.6) is 5.75 Å². The predicted molar refractivity (Wildman–Crippen MR) is 102 cm³/mol. The zero-order valence-corrected chi connectivity index (χ0v) is 15.7. The predicted octanol–water partition coefficient (Wildman–Crippen LogP) is 2.68. The Bertz CT molecular complexity index is 674. The van der Waals surface area contributed by atoms with Crippen LogP contribution in [0.3, 0.4) is 0 Å². The normalized spacial score (nSPS) is 13.9. The highest BCUT2D eigenvalue weighted by Gasteiger charge is 2.09. The van der Waals surface area contributed by atoms with Crippen LogP contribution >= 0.6 is 0 Å². The highest BCUT2D eigenvalue weighted by Crippen LogP contribution is 2.16. The first kappa shape index (κ1) is 19.8. The fourth-order valence-corrected chi connectivity index (χ4v) is 2.41. The summed E-state index contributed by atoms with van der Waals surface area (Å²) in [6, 6.07) is 8.33. The fourth-order valence-electron chi connectivity index (χ4n) is 2.41. The summed E-state index contributed by atoms with van der Waals surface area (Å²) in [4.78, 5) is 4.61. The SMILES string of the molecule is CCNC(=NCC(C)Cn1cccn1)NCC(C)Oc1ccccc1F. The van der Waals surface area contributed by atoms with E-state index in [-0.39, 0.29) is 17.7 Å². The van der Waals surface area contributed by atoms with Crippen molar-refractivity contribution < 1.29 is 9.13 Å². The van der Waals surface area contributed by atoms with Crippen LogP contribution < -0.4 is 15.4 Å². The summed E-state index contributed by atoms with van der Waals surface area (Å²) in [5.74, 6) is 0.991. The number of guanidine groups is 1. The van der Waals surface area contributed by atoms with Gasteiger partial charge in [-0.2, -0.15) is 5.10 Å². The first-order valence-corrected chi connectivity index (χ1v) is 8.99. The number of hydrogen-bond donors (Lipinski definition) is 2. The lowest BCUT2D eigenvalue weighted by atomic mass is 10.2. The molecule has 0 aliphatic heterocycles. The second-order valence-electron chi connectivity index (χ2n) is 6.29. The summed E-state index contributed by atoms with van der Waals surface area (Å²) < 4.78 is 21.2. The second-order valence-corrected chi connectivity index (χ2v) is 6.29. The summed E-state index contributed by atoms with van der Waals surface area (Å²) in [6.45, 7) is 8.84. The molecule has 0 radical (unpaired) electrons. The van der Waals surface area contributed by atoms with Gasteiger partial charge < -0.3 is 15.4 Å². The van der Waals surface area contributed by atoms with Crippen LogP contribution in [0.1, 0.15) is 20.8 Å². The van der Waals surface area contributed by atoms with Gasteiger partial charge in [-0.15, -0.1) is 0 Å². The third kappa shape index (κ3) is 6.74. The van der Waals surface area contributed by atoms with Gasteiger partial charge in [0.05, 0.1) is 6.54 Å². The molecule has 0 aliphatic carbocycles. The Morgan fingerprint density at radius 3 is 2.77 bits per heavy atom. The molecule has 7 heteroatoms. The molecule has 0 saturated heterocycles. The molecule has 0 aliphatic rings. The minimum Gasteiger partial charge on any atom is -0.486 e. The van der Waals surface area contributed by atoms with Crippen LogP contribution in [0.25, 0.3) is 0 Å². The first-order chi connectivity index (χ1) is 12.6. The molecule has 26 heavy (non-hydrogen) atoms. The molecule has 2 unspecified atom stereocenters. The van der Waals surface area contributed by atoms with Crippen LogP contribution in [-0.2, 0) is 6.54 Å². The standard InChI is InChI=1S/C19H28FN5O/c1-4-21-19(22-12-15(2)14-25-11-7-10-24-25)23-13-16(3)26-18-9-6-5-8-17(18)20/h5-11,15-16H,4,12-14H2,1-3H3,(H2,21,22,23). The second kappa shape index (κ2) is 10.4. The maximum Gasteiger partial charge on any atom is 0.191 e. The van der Waals surface area contributed by atoms with Gasteiger partial charge in [0, 0.05) is 32.0 Å². The highest BCUT2D eigenvalue weighted by molar-refractivity contribution is 5.79. The molecule has 2 atom stereocenters. The van der Waals surface area contributed by atoms with Crippen molar-refractivity contribution >= 4 is 5.96 Å². The zero-order valence-electron chi connectivity index (χ0n) is 15.7. The average Bonchev–Trinajstić information content (AvgIpc) is 3.12. The van der Waals surface area contributed by atoms with Gasteiger partial charge in [0.1, 0.15) is 6.10 Å². The third-order valence-electron chi connectivity index (χ3n) is 3.68. The van der Waals surface area contributed by atoms with E-state index in [0.29, 0.717) is 19.0 Å². The first-order valence-electron chi connectivity index (χ1n) is 8.99. The monoisotopic (exact) mass is 361 g/mol. The molecule has 2 aromatic rings. The maximum atomic E-state index is 13.6. The molecule has 142 valence electrons. The van der Waals surface area contributed by atoms with Gasteiger partial charge in [0.15, 0.2) is 17.5 Å². The summed E-state index contributed by atoms with van der Waals surface area (Å²) in [5, 5.41) is 10.7. The van der Waals surface area contributed by atoms with Crippen molar-refractivity contribution in [1.82, 2.24) is 20.4 Å². The van der Waals surface area contributed by atoms with Gasteiger partial charge in [0.25, 0.3) is 0 Å². The van der Waals surface area contributed by atoms with Gasteiger partial charge >= 0.3 is 0 Å². The molecule has 6 nitrogen and oxygen atoms in total. The zero-order chi connectivity index (χ0) is 18.8. The van der Waals surface area contributed by atoms with Gasteiger partial charge in [-0.3, -0.25) is 9.67 Å². The van der Waals surface area contributed by atoms with Crippen molar-refractivity contribution in [3.8, 4) is 5.75 Å². The summed E-state index contributed by atoms with van der Waals surface area (Å²) in [5.41, 5.74) is 0. The summed E-state index contributed by atoms with van der Waals surface area (Å²) in [7, 11) is 0. The van der Waals surface area contributed by atoms with Gasteiger partial charge in [-0.25, -0.2) is 4.39 Å². The van der Waals surface area contributed by atoms with Crippen molar-refractivity contribution in [2.75, 3.05) is 19.6 Å². The van der Waals surface area contributed by atoms with E-state index in [9.17, 15) is 4.39 Å². The van der Waals surface area contributed by atoms with E-state index in [1.165, 1.54) is 6.07 Å². The number of benzene rings is 1. The van der Waals surface area contributed by atoms with E-state index in [1.807, 2.05) is 30.8 Å². The Hall–Kier alpha value is -2.57. The number of aliphatic imine (C=N–C) groups is 1. The average molecular weight is 361 g/mol. The van der Waals surface area contributed by atoms with Gasteiger partial charge in [-0.1, -0.05) is 19.1 Å². The molecule has 0 bridgehead atoms. The van der Waals surface area contributed by atoms with E-state index in [2.05, 4.69) is 27.6 Å². The summed E-state index contributed by atoms with van der Waals surface area (Å²) >= 11 is 0. The maximum absolute atomic E-state index is 13.6. The number of nitrogens with zero attached hydrogens (tertiary/aromatic N) is 3. The highest BCUT2D eigenvalue weighted by atomic mass is 19.1. The molecular weight excluding hydrogens is 333 g/mol. The third-order valence-corrected chi connectivity index (χ3v) is 3.68. The van der Waals surface area contributed by atoms with Crippen LogP contribution in [0.15, 0.2) is 47.7 Å². The largest absolute Gasteiger partial charge is 0.486 e. The van der Waals surface area contributed by atoms with Crippen molar-refractivity contribution in [3.05, 3.63) is 48.5 Å². The van der Waals surface area contributed by atoms with Crippen molar-refractivity contribution in [3.63, 3.8) is 0 Å². The van der Waals surface area contributed by atoms with E-state index < -0.39 is 0 Å². The molecular formula is C19H28FN5O. The number of nitrogens with one attached hydrogen (secondary N) is 2. The van der Waals surface area contributed by atoms with Crippen LogP contribution in [0.2, 0.25) is 0 Å². The number of hydrogen-bond acceptors (Lipinski definition) is 3. The van der Waals surface area contributed by atoms with Crippen molar-refractivity contribution in [2.24, 2.45) is 10.9 Å². The summed E-state index contributed by atoms with van der Waals surface area (Å²) in [6.07, 6.45) is 3.53. The molecule has 1 aromatic carbocycles. The lowest BCUT2D eigenvalue weighted by molar-refractivity contribution is 0.214. The van der Waals surface area contributed by atoms with Crippen LogP contribution in [-0.4, -0.2) is 41.5 Å². The smallest absolute Gasteiger partial charge is 0.191 e. The van der Waals surface area contributed by atoms with E-state index in [0.717, 1.165) is 19.0 Å². The van der Waals surface area contributed by atoms with Crippen LogP contribution in [0, 0.1) is 11.7 Å². The lowest BCUT2D eigenvalue weighted by Gasteiger charge is -2.18. The van der Waals surface area contributed by atoms with E-state index >= 15 is 0 Å². The number of ether oxygens (including phenoxy) is 1. The number of rotatable bonds is 9. The van der Waals surface area contributed by atoms with Gasteiger partial charge in [-0.05, 0) is 38.0 Å². The molecule has 2 rings (SSSR count). The Morgan fingerprint density at radius 2 is 2.08 bits per heavy atom. The van der Waals surface area contributed by atoms with Crippen molar-refractivity contribution in [2.45, 2.75) is 33.4 Å². The molecule has 0 saturated carbocycles. The molecule has 1 aromatic heterocycles. The number of para-hydroxylation sites is 1. The quantitative estimate of drug-likeness (QED) is 0.532. The Labute approximate surface area is 154 Å². The molecule has 1 heterocycles. The van der Waals surface area contributed by atoms with E-state index in [4.69, 9.17) is 4.74 Å². The molecule has 0 fully saturated rings. The minimum absolute atomic E-state index is 0.197. The van der Waals surface area contributed by atoms with Crippen molar-refractivity contribution in [1.29, 1.82) is 0 Å². The minimum atomic E-state index is -0.354. The topological polar surface area (TPSA) is 63.5 Å². The Kier molecular flexibility index (Phi) is 7.92. The Morgan fingerprint density at radius 1 is 1.27 bits per heavy atom. The van der Waals surface area contributed by atoms with Crippen LogP contribution in [0.4, 0.5) is 4.39 Å². The Balaban J connectivity index is 1.81. The number of aromatic nitrogens is 2. The van der Waals surface area contributed by atoms with Gasteiger partial charge in [0.2, 0.25) is 0 Å². The molecule has 0 spiro atoms. The fraction of sp³-hybridized carbons (Fsp3) is 0.474. The lowest BCUT2D eigenvalue weighted by Crippen LogP contribution is -2.42. The van der Waals surface area contributed by atoms with E-state index in [1.54, 1.807) is 24.4 Å². The molecule has 0 amide bonds.